The number of nitrogens with zero attached hydrogens (tertiary/aromatic N) is 2. The summed E-state index contributed by atoms with van der Waals surface area (Å²) in [6.07, 6.45) is 1.46. The Bertz CT molecular complexity index is 704. The highest BCUT2D eigenvalue weighted by Crippen LogP contribution is 2.19. The van der Waals surface area contributed by atoms with Crippen molar-refractivity contribution in [2.24, 2.45) is 0 Å². The predicted molar refractivity (Wildman–Crippen MR) is 86.3 cm³/mol. The Morgan fingerprint density at radius 3 is 2.87 bits per heavy atom. The maximum atomic E-state index is 11.9. The quantitative estimate of drug-likeness (QED) is 0.736. The van der Waals surface area contributed by atoms with Crippen LogP contribution < -0.4 is 10.6 Å². The highest BCUT2D eigenvalue weighted by molar-refractivity contribution is 8.01. The molecular formula is C14H16N4O4S. The van der Waals surface area contributed by atoms with Crippen LogP contribution in [-0.2, 0) is 9.59 Å². The molecule has 0 aliphatic carbocycles. The van der Waals surface area contributed by atoms with E-state index in [2.05, 4.69) is 20.8 Å². The minimum absolute atomic E-state index is 0.0441. The monoisotopic (exact) mass is 336 g/mol. The number of aromatic hydroxyl groups is 1. The fourth-order valence-electron chi connectivity index (χ4n) is 1.59. The first-order chi connectivity index (χ1) is 11.0. The minimum Gasteiger partial charge on any atom is -0.504 e. The van der Waals surface area contributed by atoms with E-state index < -0.39 is 5.25 Å². The number of hydrogen-bond acceptors (Lipinski definition) is 7. The lowest BCUT2D eigenvalue weighted by Crippen LogP contribution is -2.25. The Morgan fingerprint density at radius 2 is 2.22 bits per heavy atom. The van der Waals surface area contributed by atoms with E-state index in [4.69, 9.17) is 4.52 Å². The van der Waals surface area contributed by atoms with E-state index in [1.807, 2.05) is 0 Å². The summed E-state index contributed by atoms with van der Waals surface area (Å²) in [5.41, 5.74) is 0. The molecule has 23 heavy (non-hydrogen) atoms. The smallest absolute Gasteiger partial charge is 0.238 e. The molecule has 2 aromatic heterocycles. The van der Waals surface area contributed by atoms with Gasteiger partial charge in [-0.25, -0.2) is 4.98 Å². The molecule has 2 heterocycles. The summed E-state index contributed by atoms with van der Waals surface area (Å²) < 4.78 is 4.85. The summed E-state index contributed by atoms with van der Waals surface area (Å²) in [4.78, 5) is 27.6. The molecule has 0 bridgehead atoms. The second kappa shape index (κ2) is 7.63. The lowest BCUT2D eigenvalue weighted by atomic mass is 10.4. The minimum atomic E-state index is -0.463. The van der Waals surface area contributed by atoms with Gasteiger partial charge in [0.1, 0.15) is 5.76 Å². The summed E-state index contributed by atoms with van der Waals surface area (Å²) in [6.45, 7) is 3.40. The molecule has 0 aliphatic rings. The maximum Gasteiger partial charge on any atom is 0.238 e. The van der Waals surface area contributed by atoms with Gasteiger partial charge in [0.25, 0.3) is 0 Å². The van der Waals surface area contributed by atoms with Crippen molar-refractivity contribution in [2.75, 3.05) is 16.4 Å². The largest absolute Gasteiger partial charge is 0.504 e. The van der Waals surface area contributed by atoms with Crippen molar-refractivity contribution >= 4 is 35.2 Å². The van der Waals surface area contributed by atoms with Crippen LogP contribution in [0.2, 0.25) is 0 Å². The molecule has 8 nitrogen and oxygen atoms in total. The van der Waals surface area contributed by atoms with Gasteiger partial charge in [-0.3, -0.25) is 9.59 Å². The number of rotatable bonds is 6. The molecule has 2 rings (SSSR count). The van der Waals surface area contributed by atoms with Gasteiger partial charge in [-0.15, -0.1) is 11.8 Å². The molecule has 3 N–H and O–H groups in total. The molecule has 2 aromatic rings. The number of anilines is 2. The molecule has 2 amide bonds. The fourth-order valence-corrected chi connectivity index (χ4v) is 2.27. The van der Waals surface area contributed by atoms with E-state index in [1.165, 1.54) is 12.3 Å². The zero-order valence-electron chi connectivity index (χ0n) is 12.6. The summed E-state index contributed by atoms with van der Waals surface area (Å²) in [5.74, 6) is 0.310. The second-order valence-electron chi connectivity index (χ2n) is 4.68. The van der Waals surface area contributed by atoms with Crippen molar-refractivity contribution < 1.29 is 19.2 Å². The molecule has 122 valence electrons. The molecule has 0 aliphatic heterocycles. The molecule has 0 saturated carbocycles. The average molecular weight is 336 g/mol. The molecule has 0 spiro atoms. The third kappa shape index (κ3) is 4.99. The first-order valence-corrected chi connectivity index (χ1v) is 7.80. The van der Waals surface area contributed by atoms with Crippen molar-refractivity contribution in [3.05, 3.63) is 30.2 Å². The predicted octanol–water partition coefficient (Wildman–Crippen LogP) is 1.78. The van der Waals surface area contributed by atoms with Gasteiger partial charge in [0.2, 0.25) is 11.8 Å². The standard InChI is InChI=1S/C14H16N4O4S/c1-8-6-11(18-22-8)16-14(21)9(2)23-7-12(20)17-13-10(19)4-3-5-15-13/h3-6,9,19H,7H2,1-2H3,(H,15,17,20)(H,16,18,21). The third-order valence-corrected chi connectivity index (χ3v) is 3.90. The Labute approximate surface area is 136 Å². The zero-order chi connectivity index (χ0) is 16.8. The van der Waals surface area contributed by atoms with Crippen molar-refractivity contribution in [3.63, 3.8) is 0 Å². The SMILES string of the molecule is Cc1cc(NC(=O)C(C)SCC(=O)Nc2ncccc2O)no1. The van der Waals surface area contributed by atoms with Gasteiger partial charge in [0.05, 0.1) is 11.0 Å². The molecule has 0 aromatic carbocycles. The van der Waals surface area contributed by atoms with Crippen LogP contribution in [0.1, 0.15) is 12.7 Å². The van der Waals surface area contributed by atoms with Crippen LogP contribution in [0.5, 0.6) is 5.75 Å². The molecule has 1 atom stereocenters. The number of nitrogens with one attached hydrogen (secondary N) is 2. The number of carbonyl (C=O) groups excluding carboxylic acids is 2. The maximum absolute atomic E-state index is 11.9. The second-order valence-corrected chi connectivity index (χ2v) is 6.01. The van der Waals surface area contributed by atoms with Crippen LogP contribution >= 0.6 is 11.8 Å². The van der Waals surface area contributed by atoms with E-state index in [0.29, 0.717) is 11.6 Å². The molecule has 9 heteroatoms. The van der Waals surface area contributed by atoms with E-state index in [-0.39, 0.29) is 29.1 Å². The van der Waals surface area contributed by atoms with Crippen LogP contribution in [0.25, 0.3) is 0 Å². The van der Waals surface area contributed by atoms with Crippen molar-refractivity contribution in [1.29, 1.82) is 0 Å². The van der Waals surface area contributed by atoms with E-state index in [1.54, 1.807) is 26.0 Å². The van der Waals surface area contributed by atoms with Crippen molar-refractivity contribution in [3.8, 4) is 5.75 Å². The first kappa shape index (κ1) is 16.8. The number of aryl methyl sites for hydroxylation is 1. The first-order valence-electron chi connectivity index (χ1n) is 6.75. The van der Waals surface area contributed by atoms with Crippen molar-refractivity contribution in [1.82, 2.24) is 10.1 Å². The number of carbonyl (C=O) groups is 2. The topological polar surface area (TPSA) is 117 Å². The van der Waals surface area contributed by atoms with E-state index in [9.17, 15) is 14.7 Å². The van der Waals surface area contributed by atoms with Gasteiger partial charge in [-0.1, -0.05) is 5.16 Å². The van der Waals surface area contributed by atoms with Gasteiger partial charge in [-0.2, -0.15) is 0 Å². The number of pyridine rings is 1. The van der Waals surface area contributed by atoms with E-state index in [0.717, 1.165) is 11.8 Å². The molecule has 0 fully saturated rings. The van der Waals surface area contributed by atoms with Crippen molar-refractivity contribution in [2.45, 2.75) is 19.1 Å². The van der Waals surface area contributed by atoms with Crippen LogP contribution in [-0.4, -0.2) is 38.1 Å². The Morgan fingerprint density at radius 1 is 1.43 bits per heavy atom. The van der Waals surface area contributed by atoms with Gasteiger partial charge in [-0.05, 0) is 26.0 Å². The van der Waals surface area contributed by atoms with Crippen LogP contribution in [0, 0.1) is 6.92 Å². The lowest BCUT2D eigenvalue weighted by molar-refractivity contribution is -0.115. The summed E-state index contributed by atoms with van der Waals surface area (Å²) in [7, 11) is 0. The zero-order valence-corrected chi connectivity index (χ0v) is 13.4. The summed E-state index contributed by atoms with van der Waals surface area (Å²) in [6, 6.07) is 4.58. The Hall–Kier alpha value is -2.55. The molecule has 0 saturated heterocycles. The van der Waals surface area contributed by atoms with Crippen LogP contribution in [0.4, 0.5) is 11.6 Å². The highest BCUT2D eigenvalue weighted by Gasteiger charge is 2.17. The molecule has 1 unspecified atom stereocenters. The average Bonchev–Trinajstić information content (AvgIpc) is 2.92. The number of aromatic nitrogens is 2. The highest BCUT2D eigenvalue weighted by atomic mass is 32.2. The fraction of sp³-hybridized carbons (Fsp3) is 0.286. The van der Waals surface area contributed by atoms with Crippen LogP contribution in [0.15, 0.2) is 28.9 Å². The van der Waals surface area contributed by atoms with Gasteiger partial charge in [0, 0.05) is 12.3 Å². The van der Waals surface area contributed by atoms with Gasteiger partial charge >= 0.3 is 0 Å². The van der Waals surface area contributed by atoms with Gasteiger partial charge in [0.15, 0.2) is 17.4 Å². The normalized spacial score (nSPS) is 11.7. The molecule has 0 radical (unpaired) electrons. The third-order valence-electron chi connectivity index (χ3n) is 2.76. The van der Waals surface area contributed by atoms with Gasteiger partial charge < -0.3 is 20.3 Å². The van der Waals surface area contributed by atoms with E-state index >= 15 is 0 Å². The Kier molecular flexibility index (Phi) is 5.58. The lowest BCUT2D eigenvalue weighted by Gasteiger charge is -2.10. The van der Waals surface area contributed by atoms with Crippen LogP contribution in [0.3, 0.4) is 0 Å². The molecular weight excluding hydrogens is 320 g/mol. The number of thioether (sulfide) groups is 1. The summed E-state index contributed by atoms with van der Waals surface area (Å²) in [5, 5.41) is 17.8. The number of hydrogen-bond donors (Lipinski definition) is 3. The summed E-state index contributed by atoms with van der Waals surface area (Å²) >= 11 is 1.15. The number of amides is 2. The Balaban J connectivity index is 1.79.